The molecule has 1 atom stereocenters. The summed E-state index contributed by atoms with van der Waals surface area (Å²) < 4.78 is 6.61. The molecule has 25 heavy (non-hydrogen) atoms. The van der Waals surface area contributed by atoms with Gasteiger partial charge in [-0.15, -0.1) is 0 Å². The number of aryl methyl sites for hydroxylation is 1. The van der Waals surface area contributed by atoms with Crippen molar-refractivity contribution in [2.24, 2.45) is 5.92 Å². The number of carbonyl (C=O) groups excluding carboxylic acids is 3. The molecular weight excluding hydrogens is 348 g/mol. The number of aromatic nitrogens is 2. The number of esters is 1. The van der Waals surface area contributed by atoms with Crippen LogP contribution < -0.4 is 10.6 Å². The number of urea groups is 1. The Morgan fingerprint density at radius 1 is 1.32 bits per heavy atom. The van der Waals surface area contributed by atoms with Gasteiger partial charge < -0.3 is 10.1 Å². The van der Waals surface area contributed by atoms with Gasteiger partial charge in [0.2, 0.25) is 0 Å². The van der Waals surface area contributed by atoms with E-state index in [-0.39, 0.29) is 0 Å². The third kappa shape index (κ3) is 6.22. The minimum atomic E-state index is -1.12. The van der Waals surface area contributed by atoms with E-state index in [1.54, 1.807) is 11.6 Å². The fourth-order valence-electron chi connectivity index (χ4n) is 1.92. The van der Waals surface area contributed by atoms with E-state index >= 15 is 0 Å². The summed E-state index contributed by atoms with van der Waals surface area (Å²) in [6.45, 7) is 7.90. The number of halogens is 1. The third-order valence-electron chi connectivity index (χ3n) is 3.16. The van der Waals surface area contributed by atoms with Crippen LogP contribution in [0.25, 0.3) is 6.08 Å². The Bertz CT molecular complexity index is 682. The van der Waals surface area contributed by atoms with Crippen molar-refractivity contribution in [1.29, 1.82) is 0 Å². The van der Waals surface area contributed by atoms with Gasteiger partial charge in [0.15, 0.2) is 6.10 Å². The van der Waals surface area contributed by atoms with Crippen molar-refractivity contribution < 1.29 is 19.1 Å². The van der Waals surface area contributed by atoms with Gasteiger partial charge in [-0.3, -0.25) is 14.8 Å². The molecule has 0 aliphatic heterocycles. The molecule has 9 heteroatoms. The summed E-state index contributed by atoms with van der Waals surface area (Å²) in [5.74, 6) is -1.08. The lowest BCUT2D eigenvalue weighted by molar-refractivity contribution is -0.149. The van der Waals surface area contributed by atoms with Gasteiger partial charge in [0, 0.05) is 25.2 Å². The van der Waals surface area contributed by atoms with Crippen LogP contribution in [0.2, 0.25) is 5.15 Å². The smallest absolute Gasteiger partial charge is 0.331 e. The second-order valence-electron chi connectivity index (χ2n) is 5.85. The van der Waals surface area contributed by atoms with Crippen LogP contribution in [0, 0.1) is 12.8 Å². The molecule has 0 radical (unpaired) electrons. The third-order valence-corrected chi connectivity index (χ3v) is 3.56. The van der Waals surface area contributed by atoms with E-state index in [4.69, 9.17) is 16.3 Å². The lowest BCUT2D eigenvalue weighted by Crippen LogP contribution is -2.43. The Labute approximate surface area is 151 Å². The maximum Gasteiger partial charge on any atom is 0.331 e. The molecule has 8 nitrogen and oxygen atoms in total. The van der Waals surface area contributed by atoms with Crippen LogP contribution in [-0.4, -0.2) is 40.8 Å². The first-order valence-corrected chi connectivity index (χ1v) is 8.17. The van der Waals surface area contributed by atoms with Crippen LogP contribution in [0.15, 0.2) is 6.08 Å². The fraction of sp³-hybridized carbons (Fsp3) is 0.500. The predicted octanol–water partition coefficient (Wildman–Crippen LogP) is 1.90. The van der Waals surface area contributed by atoms with Crippen molar-refractivity contribution in [3.63, 3.8) is 0 Å². The van der Waals surface area contributed by atoms with Crippen LogP contribution in [0.4, 0.5) is 4.79 Å². The van der Waals surface area contributed by atoms with Crippen molar-refractivity contribution in [3.8, 4) is 0 Å². The minimum absolute atomic E-state index is 0.373. The SMILES string of the molecule is CNC(=O)NC(=O)[C@H](C)OC(=O)/C=C/c1c(C)nn(CC(C)C)c1Cl. The van der Waals surface area contributed by atoms with Crippen LogP contribution in [0.1, 0.15) is 32.0 Å². The molecule has 1 aromatic heterocycles. The molecule has 2 N–H and O–H groups in total. The summed E-state index contributed by atoms with van der Waals surface area (Å²) in [6.07, 6.45) is 1.54. The average molecular weight is 371 g/mol. The van der Waals surface area contributed by atoms with Gasteiger partial charge >= 0.3 is 12.0 Å². The molecule has 0 aliphatic carbocycles. The normalized spacial score (nSPS) is 12.3. The summed E-state index contributed by atoms with van der Waals surface area (Å²) in [4.78, 5) is 34.5. The number of carbonyl (C=O) groups is 3. The Balaban J connectivity index is 2.72. The Kier molecular flexibility index (Phi) is 7.63. The molecule has 0 aliphatic rings. The molecule has 1 rings (SSSR count). The van der Waals surface area contributed by atoms with Crippen molar-refractivity contribution in [1.82, 2.24) is 20.4 Å². The van der Waals surface area contributed by atoms with E-state index in [1.165, 1.54) is 26.1 Å². The van der Waals surface area contributed by atoms with Gasteiger partial charge in [-0.25, -0.2) is 9.59 Å². The highest BCUT2D eigenvalue weighted by molar-refractivity contribution is 6.31. The molecule has 0 saturated carbocycles. The quantitative estimate of drug-likeness (QED) is 0.588. The predicted molar refractivity (Wildman–Crippen MR) is 94.0 cm³/mol. The Morgan fingerprint density at radius 2 is 1.96 bits per heavy atom. The molecule has 0 aromatic carbocycles. The van der Waals surface area contributed by atoms with E-state index in [0.717, 1.165) is 0 Å². The Hall–Kier alpha value is -2.35. The first-order valence-electron chi connectivity index (χ1n) is 7.79. The summed E-state index contributed by atoms with van der Waals surface area (Å²) in [7, 11) is 1.37. The lowest BCUT2D eigenvalue weighted by Gasteiger charge is -2.11. The van der Waals surface area contributed by atoms with Crippen molar-refractivity contribution >= 4 is 35.6 Å². The van der Waals surface area contributed by atoms with E-state index in [2.05, 4.69) is 10.4 Å². The highest BCUT2D eigenvalue weighted by Crippen LogP contribution is 2.22. The fourth-order valence-corrected chi connectivity index (χ4v) is 2.22. The monoisotopic (exact) mass is 370 g/mol. The average Bonchev–Trinajstić information content (AvgIpc) is 2.78. The molecule has 0 unspecified atom stereocenters. The zero-order chi connectivity index (χ0) is 19.1. The van der Waals surface area contributed by atoms with E-state index < -0.39 is 24.0 Å². The van der Waals surface area contributed by atoms with Crippen molar-refractivity contribution in [3.05, 3.63) is 22.5 Å². The minimum Gasteiger partial charge on any atom is -0.449 e. The van der Waals surface area contributed by atoms with Crippen LogP contribution >= 0.6 is 11.6 Å². The molecular formula is C16H23ClN4O4. The largest absolute Gasteiger partial charge is 0.449 e. The number of hydrogen-bond acceptors (Lipinski definition) is 5. The number of nitrogens with zero attached hydrogens (tertiary/aromatic N) is 2. The van der Waals surface area contributed by atoms with Gasteiger partial charge in [0.05, 0.1) is 5.69 Å². The summed E-state index contributed by atoms with van der Waals surface area (Å²) >= 11 is 6.28. The highest BCUT2D eigenvalue weighted by Gasteiger charge is 2.19. The molecule has 0 fully saturated rings. The zero-order valence-electron chi connectivity index (χ0n) is 14.9. The topological polar surface area (TPSA) is 102 Å². The first kappa shape index (κ1) is 20.7. The summed E-state index contributed by atoms with van der Waals surface area (Å²) in [6, 6.07) is -0.677. The first-order chi connectivity index (χ1) is 11.6. The second kappa shape index (κ2) is 9.22. The van der Waals surface area contributed by atoms with E-state index in [0.29, 0.717) is 28.9 Å². The number of hydrogen-bond donors (Lipinski definition) is 2. The maximum atomic E-state index is 11.8. The van der Waals surface area contributed by atoms with E-state index in [1.807, 2.05) is 19.2 Å². The molecule has 3 amide bonds. The molecule has 0 spiro atoms. The van der Waals surface area contributed by atoms with Gasteiger partial charge in [-0.05, 0) is 25.8 Å². The number of imide groups is 1. The molecule has 1 heterocycles. The standard InChI is InChI=1S/C16H23ClN4O4/c1-9(2)8-21-14(17)12(10(3)20-21)6-7-13(22)25-11(4)15(23)19-16(24)18-5/h6-7,9,11H,8H2,1-5H3,(H2,18,19,23,24)/b7-6+/t11-/m0/s1. The van der Waals surface area contributed by atoms with Crippen molar-refractivity contribution in [2.75, 3.05) is 7.05 Å². The molecule has 1 aromatic rings. The van der Waals surface area contributed by atoms with Crippen LogP contribution in [0.5, 0.6) is 0 Å². The second-order valence-corrected chi connectivity index (χ2v) is 6.20. The van der Waals surface area contributed by atoms with Crippen LogP contribution in [0.3, 0.4) is 0 Å². The molecule has 0 saturated heterocycles. The summed E-state index contributed by atoms with van der Waals surface area (Å²) in [5, 5.41) is 9.02. The number of amides is 3. The van der Waals surface area contributed by atoms with Crippen LogP contribution in [-0.2, 0) is 20.9 Å². The van der Waals surface area contributed by atoms with Gasteiger partial charge in [0.25, 0.3) is 5.91 Å². The van der Waals surface area contributed by atoms with Gasteiger partial charge in [-0.1, -0.05) is 25.4 Å². The lowest BCUT2D eigenvalue weighted by atomic mass is 10.2. The number of rotatable bonds is 6. The van der Waals surface area contributed by atoms with Crippen molar-refractivity contribution in [2.45, 2.75) is 40.3 Å². The highest BCUT2D eigenvalue weighted by atomic mass is 35.5. The maximum absolute atomic E-state index is 11.8. The van der Waals surface area contributed by atoms with Gasteiger partial charge in [0.1, 0.15) is 5.15 Å². The number of nitrogens with one attached hydrogen (secondary N) is 2. The van der Waals surface area contributed by atoms with E-state index in [9.17, 15) is 14.4 Å². The Morgan fingerprint density at radius 3 is 2.52 bits per heavy atom. The zero-order valence-corrected chi connectivity index (χ0v) is 15.7. The molecule has 138 valence electrons. The summed E-state index contributed by atoms with van der Waals surface area (Å²) in [5.41, 5.74) is 1.29. The molecule has 0 bridgehead atoms. The van der Waals surface area contributed by atoms with Gasteiger partial charge in [-0.2, -0.15) is 5.10 Å². The number of ether oxygens (including phenoxy) is 1.